The van der Waals surface area contributed by atoms with Crippen LogP contribution in [0.4, 0.5) is 5.82 Å². The van der Waals surface area contributed by atoms with Crippen molar-refractivity contribution in [2.24, 2.45) is 7.05 Å². The van der Waals surface area contributed by atoms with Crippen LogP contribution in [0.3, 0.4) is 0 Å². The molecule has 2 aromatic rings. The second-order valence-corrected chi connectivity index (χ2v) is 5.26. The summed E-state index contributed by atoms with van der Waals surface area (Å²) in [6.45, 7) is 2.82. The number of aromatic nitrogens is 3. The van der Waals surface area contributed by atoms with Crippen LogP contribution in [-0.4, -0.2) is 58.6 Å². The van der Waals surface area contributed by atoms with Gasteiger partial charge in [-0.05, 0) is 6.07 Å². The average molecular weight is 301 g/mol. The van der Waals surface area contributed by atoms with Crippen LogP contribution in [-0.2, 0) is 7.05 Å². The Bertz CT molecular complexity index is 661. The number of piperazine rings is 1. The maximum atomic E-state index is 12.4. The van der Waals surface area contributed by atoms with E-state index in [9.17, 15) is 4.79 Å². The highest BCUT2D eigenvalue weighted by Crippen LogP contribution is 2.19. The summed E-state index contributed by atoms with van der Waals surface area (Å²) in [6.07, 6.45) is 5.13. The monoisotopic (exact) mass is 301 g/mol. The number of pyridine rings is 1. The number of carbonyl (C=O) groups excluding carboxylic acids is 1. The molecule has 3 rings (SSSR count). The molecule has 0 aromatic carbocycles. The minimum Gasteiger partial charge on any atom is -0.497 e. The molecule has 0 unspecified atom stereocenters. The molecule has 22 heavy (non-hydrogen) atoms. The number of anilines is 1. The first-order valence-corrected chi connectivity index (χ1v) is 7.19. The number of methoxy groups -OCH3 is 1. The number of amides is 1. The summed E-state index contributed by atoms with van der Waals surface area (Å²) in [5.74, 6) is 1.65. The molecule has 1 amide bonds. The molecule has 1 aliphatic rings. The summed E-state index contributed by atoms with van der Waals surface area (Å²) in [5.41, 5.74) is 0.496. The predicted octanol–water partition coefficient (Wildman–Crippen LogP) is 0.786. The van der Waals surface area contributed by atoms with Crippen molar-refractivity contribution in [3.8, 4) is 5.75 Å². The molecule has 7 nitrogen and oxygen atoms in total. The van der Waals surface area contributed by atoms with Crippen LogP contribution in [0.15, 0.2) is 30.9 Å². The summed E-state index contributed by atoms with van der Waals surface area (Å²) in [6, 6.07) is 3.74. The zero-order chi connectivity index (χ0) is 15.5. The highest BCUT2D eigenvalue weighted by molar-refractivity contribution is 5.92. The first kappa shape index (κ1) is 14.4. The lowest BCUT2D eigenvalue weighted by Crippen LogP contribution is -2.49. The fourth-order valence-corrected chi connectivity index (χ4v) is 2.52. The normalized spacial score (nSPS) is 15.0. The molecule has 3 heterocycles. The molecule has 0 spiro atoms. The van der Waals surface area contributed by atoms with Crippen LogP contribution in [0.25, 0.3) is 0 Å². The fourth-order valence-electron chi connectivity index (χ4n) is 2.52. The quantitative estimate of drug-likeness (QED) is 0.838. The first-order valence-electron chi connectivity index (χ1n) is 7.19. The van der Waals surface area contributed by atoms with Crippen LogP contribution >= 0.6 is 0 Å². The van der Waals surface area contributed by atoms with E-state index in [2.05, 4.69) is 14.9 Å². The van der Waals surface area contributed by atoms with Crippen molar-refractivity contribution in [2.45, 2.75) is 0 Å². The standard InChI is InChI=1S/C15H19N5O2/c1-18-10-13(17-11-18)15(21)20-7-5-19(6-8-20)14-9-12(22-2)3-4-16-14/h3-4,9-11H,5-8H2,1-2H3. The van der Waals surface area contributed by atoms with Gasteiger partial charge < -0.3 is 19.1 Å². The molecule has 7 heteroatoms. The van der Waals surface area contributed by atoms with E-state index in [0.717, 1.165) is 24.7 Å². The maximum Gasteiger partial charge on any atom is 0.274 e. The maximum absolute atomic E-state index is 12.4. The largest absolute Gasteiger partial charge is 0.497 e. The molecule has 116 valence electrons. The number of hydrogen-bond donors (Lipinski definition) is 0. The Labute approximate surface area is 129 Å². The van der Waals surface area contributed by atoms with Crippen LogP contribution in [0.2, 0.25) is 0 Å². The topological polar surface area (TPSA) is 63.5 Å². The summed E-state index contributed by atoms with van der Waals surface area (Å²) >= 11 is 0. The SMILES string of the molecule is COc1ccnc(N2CCN(C(=O)c3cn(C)cn3)CC2)c1. The van der Waals surface area contributed by atoms with Gasteiger partial charge in [-0.1, -0.05) is 0 Å². The lowest BCUT2D eigenvalue weighted by atomic mass is 10.2. The number of hydrogen-bond acceptors (Lipinski definition) is 5. The van der Waals surface area contributed by atoms with E-state index in [1.54, 1.807) is 30.4 Å². The Balaban J connectivity index is 1.63. The van der Waals surface area contributed by atoms with Crippen molar-refractivity contribution >= 4 is 11.7 Å². The summed E-state index contributed by atoms with van der Waals surface area (Å²) in [7, 11) is 3.50. The van der Waals surface area contributed by atoms with E-state index in [1.165, 1.54) is 0 Å². The van der Waals surface area contributed by atoms with Crippen molar-refractivity contribution in [1.29, 1.82) is 0 Å². The van der Waals surface area contributed by atoms with E-state index in [0.29, 0.717) is 18.8 Å². The van der Waals surface area contributed by atoms with Gasteiger partial charge in [-0.25, -0.2) is 9.97 Å². The molecule has 0 bridgehead atoms. The first-order chi connectivity index (χ1) is 10.7. The van der Waals surface area contributed by atoms with Crippen molar-refractivity contribution in [1.82, 2.24) is 19.4 Å². The Kier molecular flexibility index (Phi) is 3.95. The van der Waals surface area contributed by atoms with Crippen molar-refractivity contribution in [3.05, 3.63) is 36.5 Å². The molecule has 1 aliphatic heterocycles. The van der Waals surface area contributed by atoms with E-state index in [1.807, 2.05) is 24.1 Å². The number of rotatable bonds is 3. The number of aryl methyl sites for hydroxylation is 1. The number of imidazole rings is 1. The molecular weight excluding hydrogens is 282 g/mol. The number of carbonyl (C=O) groups is 1. The molecule has 0 aliphatic carbocycles. The second-order valence-electron chi connectivity index (χ2n) is 5.26. The van der Waals surface area contributed by atoms with Crippen molar-refractivity contribution in [2.75, 3.05) is 38.2 Å². The number of nitrogens with zero attached hydrogens (tertiary/aromatic N) is 5. The molecular formula is C15H19N5O2. The molecule has 0 N–H and O–H groups in total. The van der Waals surface area contributed by atoms with Gasteiger partial charge in [-0.2, -0.15) is 0 Å². The van der Waals surface area contributed by atoms with Crippen molar-refractivity contribution in [3.63, 3.8) is 0 Å². The van der Waals surface area contributed by atoms with E-state index in [-0.39, 0.29) is 5.91 Å². The zero-order valence-electron chi connectivity index (χ0n) is 12.8. The Morgan fingerprint density at radius 3 is 2.64 bits per heavy atom. The van der Waals surface area contributed by atoms with Gasteiger partial charge in [-0.3, -0.25) is 4.79 Å². The lowest BCUT2D eigenvalue weighted by molar-refractivity contribution is 0.0741. The molecule has 0 radical (unpaired) electrons. The van der Waals surface area contributed by atoms with E-state index in [4.69, 9.17) is 4.74 Å². The van der Waals surface area contributed by atoms with Gasteiger partial charge in [-0.15, -0.1) is 0 Å². The Morgan fingerprint density at radius 2 is 2.00 bits per heavy atom. The van der Waals surface area contributed by atoms with E-state index < -0.39 is 0 Å². The third-order valence-electron chi connectivity index (χ3n) is 3.77. The van der Waals surface area contributed by atoms with Gasteiger partial charge in [0.2, 0.25) is 0 Å². The Hall–Kier alpha value is -2.57. The third-order valence-corrected chi connectivity index (χ3v) is 3.77. The third kappa shape index (κ3) is 2.88. The fraction of sp³-hybridized carbons (Fsp3) is 0.400. The minimum atomic E-state index is -0.0150. The molecule has 0 atom stereocenters. The zero-order valence-corrected chi connectivity index (χ0v) is 12.8. The smallest absolute Gasteiger partial charge is 0.274 e. The van der Waals surface area contributed by atoms with Gasteiger partial charge in [0.05, 0.1) is 13.4 Å². The number of ether oxygens (including phenoxy) is 1. The van der Waals surface area contributed by atoms with Gasteiger partial charge in [0.25, 0.3) is 5.91 Å². The minimum absolute atomic E-state index is 0.0150. The summed E-state index contributed by atoms with van der Waals surface area (Å²) < 4.78 is 7.00. The summed E-state index contributed by atoms with van der Waals surface area (Å²) in [4.78, 5) is 24.8. The van der Waals surface area contributed by atoms with Crippen molar-refractivity contribution < 1.29 is 9.53 Å². The van der Waals surface area contributed by atoms with Gasteiger partial charge in [0.15, 0.2) is 0 Å². The highest BCUT2D eigenvalue weighted by atomic mass is 16.5. The second kappa shape index (κ2) is 6.05. The van der Waals surface area contributed by atoms with Crippen LogP contribution in [0.1, 0.15) is 10.5 Å². The van der Waals surface area contributed by atoms with E-state index >= 15 is 0 Å². The molecule has 1 saturated heterocycles. The average Bonchev–Trinajstić information content (AvgIpc) is 3.01. The van der Waals surface area contributed by atoms with Crippen LogP contribution in [0.5, 0.6) is 5.75 Å². The van der Waals surface area contributed by atoms with Gasteiger partial charge in [0, 0.05) is 51.7 Å². The Morgan fingerprint density at radius 1 is 1.23 bits per heavy atom. The molecule has 2 aromatic heterocycles. The van der Waals surface area contributed by atoms with Crippen LogP contribution < -0.4 is 9.64 Å². The van der Waals surface area contributed by atoms with Gasteiger partial charge >= 0.3 is 0 Å². The molecule has 1 fully saturated rings. The summed E-state index contributed by atoms with van der Waals surface area (Å²) in [5, 5.41) is 0. The predicted molar refractivity (Wildman–Crippen MR) is 82.1 cm³/mol. The highest BCUT2D eigenvalue weighted by Gasteiger charge is 2.24. The van der Waals surface area contributed by atoms with Gasteiger partial charge in [0.1, 0.15) is 17.3 Å². The molecule has 0 saturated carbocycles. The van der Waals surface area contributed by atoms with Crippen LogP contribution in [0, 0.1) is 0 Å². The lowest BCUT2D eigenvalue weighted by Gasteiger charge is -2.35.